The number of amides is 1. The minimum absolute atomic E-state index is 0.150. The van der Waals surface area contributed by atoms with Crippen molar-refractivity contribution in [3.8, 4) is 0 Å². The van der Waals surface area contributed by atoms with Crippen LogP contribution in [0.25, 0.3) is 10.8 Å². The average Bonchev–Trinajstić information content (AvgIpc) is 2.63. The summed E-state index contributed by atoms with van der Waals surface area (Å²) in [6.45, 7) is 0.553. The summed E-state index contributed by atoms with van der Waals surface area (Å²) in [5.74, 6) is -1.11. The van der Waals surface area contributed by atoms with Gasteiger partial charge in [0.05, 0.1) is 10.9 Å². The minimum Gasteiger partial charge on any atom is -0.309 e. The van der Waals surface area contributed by atoms with E-state index in [-0.39, 0.29) is 22.3 Å². The van der Waals surface area contributed by atoms with Gasteiger partial charge in [-0.3, -0.25) is 14.4 Å². The van der Waals surface area contributed by atoms with Crippen molar-refractivity contribution in [1.29, 1.82) is 0 Å². The van der Waals surface area contributed by atoms with E-state index >= 15 is 0 Å². The van der Waals surface area contributed by atoms with Gasteiger partial charge in [0, 0.05) is 18.5 Å². The first-order chi connectivity index (χ1) is 13.2. The Bertz CT molecular complexity index is 1130. The molecule has 144 valence electrons. The number of anilines is 1. The Hall–Kier alpha value is -3.63. The third-order valence-electron chi connectivity index (χ3n) is 3.76. The second-order valence-electron chi connectivity index (χ2n) is 5.77. The number of carbonyl (C=O) groups excluding carboxylic acids is 2. The van der Waals surface area contributed by atoms with E-state index < -0.39 is 35.5 Å². The summed E-state index contributed by atoms with van der Waals surface area (Å²) >= 11 is 0. The highest BCUT2D eigenvalue weighted by Crippen LogP contribution is 2.31. The Morgan fingerprint density at radius 1 is 1.18 bits per heavy atom. The SMILES string of the molecule is CC(=O)c1nn(CC(=O)Nc2ccncn2)c(=O)c2ccc(C(F)(F)F)cc12. The van der Waals surface area contributed by atoms with E-state index in [0.717, 1.165) is 23.7 Å². The smallest absolute Gasteiger partial charge is 0.309 e. The quantitative estimate of drug-likeness (QED) is 0.682. The molecule has 0 unspecified atom stereocenters. The van der Waals surface area contributed by atoms with Crippen LogP contribution in [0.1, 0.15) is 23.0 Å². The number of alkyl halides is 3. The zero-order valence-electron chi connectivity index (χ0n) is 14.3. The van der Waals surface area contributed by atoms with E-state index in [1.54, 1.807) is 0 Å². The Kier molecular flexibility index (Phi) is 4.91. The number of nitrogens with one attached hydrogen (secondary N) is 1. The van der Waals surface area contributed by atoms with Crippen molar-refractivity contribution < 1.29 is 22.8 Å². The maximum Gasteiger partial charge on any atom is 0.416 e. The summed E-state index contributed by atoms with van der Waals surface area (Å²) in [5, 5.41) is 5.85. The van der Waals surface area contributed by atoms with Gasteiger partial charge in [-0.1, -0.05) is 0 Å². The van der Waals surface area contributed by atoms with Crippen LogP contribution < -0.4 is 10.9 Å². The molecule has 1 amide bonds. The molecular weight excluding hydrogens is 379 g/mol. The minimum atomic E-state index is -4.64. The van der Waals surface area contributed by atoms with E-state index in [1.807, 2.05) is 0 Å². The van der Waals surface area contributed by atoms with Gasteiger partial charge in [-0.2, -0.15) is 18.3 Å². The first kappa shape index (κ1) is 19.1. The van der Waals surface area contributed by atoms with Gasteiger partial charge in [-0.25, -0.2) is 14.6 Å². The molecule has 3 rings (SSSR count). The van der Waals surface area contributed by atoms with Crippen molar-refractivity contribution in [3.63, 3.8) is 0 Å². The maximum absolute atomic E-state index is 13.0. The third kappa shape index (κ3) is 3.87. The largest absolute Gasteiger partial charge is 0.416 e. The summed E-state index contributed by atoms with van der Waals surface area (Å²) in [7, 11) is 0. The number of hydrogen-bond donors (Lipinski definition) is 1. The van der Waals surface area contributed by atoms with Gasteiger partial charge >= 0.3 is 6.18 Å². The fourth-order valence-electron chi connectivity index (χ4n) is 2.51. The fourth-order valence-corrected chi connectivity index (χ4v) is 2.51. The summed E-state index contributed by atoms with van der Waals surface area (Å²) in [6.07, 6.45) is -2.04. The number of rotatable bonds is 4. The van der Waals surface area contributed by atoms with Crippen LogP contribution in [0, 0.1) is 0 Å². The molecule has 8 nitrogen and oxygen atoms in total. The summed E-state index contributed by atoms with van der Waals surface area (Å²) in [5.41, 5.74) is -2.15. The van der Waals surface area contributed by atoms with Crippen LogP contribution in [0.4, 0.5) is 19.0 Å². The molecule has 1 aromatic carbocycles. The van der Waals surface area contributed by atoms with E-state index in [2.05, 4.69) is 20.4 Å². The summed E-state index contributed by atoms with van der Waals surface area (Å²) in [6, 6.07) is 3.83. The fraction of sp³-hybridized carbons (Fsp3) is 0.176. The molecule has 0 saturated heterocycles. The maximum atomic E-state index is 13.0. The number of ketones is 1. The lowest BCUT2D eigenvalue weighted by Crippen LogP contribution is -2.31. The monoisotopic (exact) mass is 391 g/mol. The molecule has 0 aliphatic carbocycles. The van der Waals surface area contributed by atoms with Gasteiger partial charge in [0.25, 0.3) is 5.56 Å². The number of fused-ring (bicyclic) bond motifs is 1. The number of hydrogen-bond acceptors (Lipinski definition) is 6. The molecular formula is C17H12F3N5O3. The Labute approximate surface area is 155 Å². The molecule has 2 aromatic heterocycles. The predicted molar refractivity (Wildman–Crippen MR) is 91.7 cm³/mol. The zero-order chi connectivity index (χ0) is 20.5. The molecule has 0 aliphatic heterocycles. The van der Waals surface area contributed by atoms with E-state index in [0.29, 0.717) is 6.07 Å². The molecule has 0 atom stereocenters. The van der Waals surface area contributed by atoms with Crippen LogP contribution in [0.5, 0.6) is 0 Å². The molecule has 0 spiro atoms. The van der Waals surface area contributed by atoms with E-state index in [4.69, 9.17) is 0 Å². The molecule has 28 heavy (non-hydrogen) atoms. The zero-order valence-corrected chi connectivity index (χ0v) is 14.3. The number of aromatic nitrogens is 4. The Morgan fingerprint density at radius 3 is 2.54 bits per heavy atom. The van der Waals surface area contributed by atoms with Gasteiger partial charge in [0.2, 0.25) is 5.91 Å². The molecule has 0 fully saturated rings. The number of halogens is 3. The van der Waals surface area contributed by atoms with Crippen molar-refractivity contribution in [2.24, 2.45) is 0 Å². The highest BCUT2D eigenvalue weighted by Gasteiger charge is 2.31. The number of carbonyl (C=O) groups is 2. The lowest BCUT2D eigenvalue weighted by Gasteiger charge is -2.12. The molecule has 0 bridgehead atoms. The molecule has 0 radical (unpaired) electrons. The molecule has 11 heteroatoms. The van der Waals surface area contributed by atoms with Gasteiger partial charge in [-0.15, -0.1) is 0 Å². The van der Waals surface area contributed by atoms with Crippen molar-refractivity contribution in [3.05, 3.63) is 58.4 Å². The summed E-state index contributed by atoms with van der Waals surface area (Å²) in [4.78, 5) is 44.1. The van der Waals surface area contributed by atoms with E-state index in [9.17, 15) is 27.6 Å². The van der Waals surface area contributed by atoms with Crippen molar-refractivity contribution in [1.82, 2.24) is 19.7 Å². The average molecular weight is 391 g/mol. The van der Waals surface area contributed by atoms with Gasteiger partial charge in [0.15, 0.2) is 5.78 Å². The van der Waals surface area contributed by atoms with Crippen LogP contribution >= 0.6 is 0 Å². The molecule has 2 heterocycles. The Morgan fingerprint density at radius 2 is 1.93 bits per heavy atom. The molecule has 0 aliphatic rings. The second-order valence-corrected chi connectivity index (χ2v) is 5.77. The van der Waals surface area contributed by atoms with Gasteiger partial charge in [0.1, 0.15) is 24.4 Å². The highest BCUT2D eigenvalue weighted by molar-refractivity contribution is 6.05. The van der Waals surface area contributed by atoms with Crippen molar-refractivity contribution in [2.75, 3.05) is 5.32 Å². The Balaban J connectivity index is 2.04. The molecule has 3 aromatic rings. The topological polar surface area (TPSA) is 107 Å². The highest BCUT2D eigenvalue weighted by atomic mass is 19.4. The van der Waals surface area contributed by atoms with Crippen LogP contribution in [0.3, 0.4) is 0 Å². The molecule has 0 saturated carbocycles. The second kappa shape index (κ2) is 7.18. The lowest BCUT2D eigenvalue weighted by atomic mass is 10.1. The summed E-state index contributed by atoms with van der Waals surface area (Å²) < 4.78 is 39.6. The molecule has 1 N–H and O–H groups in total. The predicted octanol–water partition coefficient (Wildman–Crippen LogP) is 2.05. The van der Waals surface area contributed by atoms with Crippen LogP contribution in [-0.2, 0) is 17.5 Å². The number of Topliss-reactive ketones (excluding diaryl/α,β-unsaturated/α-hetero) is 1. The van der Waals surface area contributed by atoms with Crippen LogP contribution in [-0.4, -0.2) is 31.4 Å². The normalized spacial score (nSPS) is 11.4. The van der Waals surface area contributed by atoms with Crippen LogP contribution in [0.2, 0.25) is 0 Å². The number of benzene rings is 1. The van der Waals surface area contributed by atoms with Gasteiger partial charge in [-0.05, 0) is 24.3 Å². The number of nitrogens with zero attached hydrogens (tertiary/aromatic N) is 4. The standard InChI is InChI=1S/C17H12F3N5O3/c1-9(26)15-12-6-10(17(18,19)20)2-3-11(12)16(28)25(24-15)7-14(27)23-13-4-5-21-8-22-13/h2-6,8H,7H2,1H3,(H,21,22,23,27). The third-order valence-corrected chi connectivity index (χ3v) is 3.76. The lowest BCUT2D eigenvalue weighted by molar-refractivity contribution is -0.137. The van der Waals surface area contributed by atoms with Gasteiger partial charge < -0.3 is 5.32 Å². The van der Waals surface area contributed by atoms with Crippen molar-refractivity contribution in [2.45, 2.75) is 19.6 Å². The first-order valence-electron chi connectivity index (χ1n) is 7.85. The first-order valence-corrected chi connectivity index (χ1v) is 7.85. The van der Waals surface area contributed by atoms with E-state index in [1.165, 1.54) is 18.6 Å². The van der Waals surface area contributed by atoms with Crippen LogP contribution in [0.15, 0.2) is 41.6 Å². The van der Waals surface area contributed by atoms with Crippen molar-refractivity contribution >= 4 is 28.3 Å².